The lowest BCUT2D eigenvalue weighted by Gasteiger charge is -2.20. The van der Waals surface area contributed by atoms with Gasteiger partial charge in [0.05, 0.1) is 0 Å². The summed E-state index contributed by atoms with van der Waals surface area (Å²) in [6.07, 6.45) is 2.20. The molecule has 2 nitrogen and oxygen atoms in total. The van der Waals surface area contributed by atoms with Crippen LogP contribution in [0.5, 0.6) is 0 Å². The Kier molecular flexibility index (Phi) is 2.81. The van der Waals surface area contributed by atoms with Crippen LogP contribution in [0.2, 0.25) is 0 Å². The molecule has 1 fully saturated rings. The van der Waals surface area contributed by atoms with Gasteiger partial charge in [-0.05, 0) is 25.8 Å². The average Bonchev–Trinajstić information content (AvgIpc) is 2.68. The predicted octanol–water partition coefficient (Wildman–Crippen LogP) is 0.0990. The summed E-state index contributed by atoms with van der Waals surface area (Å²) < 4.78 is 2.92. The van der Waals surface area contributed by atoms with E-state index in [1.807, 2.05) is 7.05 Å². The molecule has 3 heteroatoms. The molecule has 1 rings (SSSR count). The molecule has 0 aromatic carbocycles. The van der Waals surface area contributed by atoms with E-state index in [2.05, 4.69) is 4.72 Å². The van der Waals surface area contributed by atoms with Crippen molar-refractivity contribution in [2.24, 2.45) is 5.92 Å². The van der Waals surface area contributed by atoms with Crippen LogP contribution in [-0.4, -0.2) is 24.0 Å². The summed E-state index contributed by atoms with van der Waals surface area (Å²) >= 11 is 0. The second kappa shape index (κ2) is 3.44. The molecule has 0 amide bonds. The summed E-state index contributed by atoms with van der Waals surface area (Å²) in [5.41, 5.74) is 5.60. The number of aliphatic hydroxyl groups excluding tert-OH is 1. The highest BCUT2D eigenvalue weighted by molar-refractivity contribution is 7.84. The van der Waals surface area contributed by atoms with Crippen molar-refractivity contribution >= 4 is 10.5 Å². The summed E-state index contributed by atoms with van der Waals surface area (Å²) in [7, 11) is 1.53. The standard InChI is InChI=1S/C7H14NOS/c1-8-10(2)5-7(9)6-3-4-6/h2,6-9H,3-5H2,1H3/q-1. The zero-order valence-electron chi connectivity index (χ0n) is 6.21. The van der Waals surface area contributed by atoms with Crippen LogP contribution in [0.15, 0.2) is 0 Å². The minimum atomic E-state index is -0.288. The molecule has 0 aliphatic heterocycles. The van der Waals surface area contributed by atoms with Gasteiger partial charge in [-0.1, -0.05) is 5.75 Å². The molecule has 0 spiro atoms. The van der Waals surface area contributed by atoms with Gasteiger partial charge < -0.3 is 26.0 Å². The molecule has 0 bridgehead atoms. The Hall–Kier alpha value is 0.0500. The van der Waals surface area contributed by atoms with Crippen LogP contribution >= 0.6 is 0 Å². The summed E-state index contributed by atoms with van der Waals surface area (Å²) in [5, 5.41) is 9.38. The average molecular weight is 160 g/mol. The van der Waals surface area contributed by atoms with Crippen molar-refractivity contribution in [2.75, 3.05) is 12.8 Å². The number of rotatable bonds is 2. The fourth-order valence-electron chi connectivity index (χ4n) is 0.884. The van der Waals surface area contributed by atoms with Crippen molar-refractivity contribution in [3.63, 3.8) is 0 Å². The highest BCUT2D eigenvalue weighted by Crippen LogP contribution is 2.32. The van der Waals surface area contributed by atoms with Gasteiger partial charge in [0.15, 0.2) is 0 Å². The molecule has 2 N–H and O–H groups in total. The third-order valence-electron chi connectivity index (χ3n) is 1.78. The Morgan fingerprint density at radius 3 is 2.80 bits per heavy atom. The summed E-state index contributed by atoms with van der Waals surface area (Å²) in [5.74, 6) is 1.26. The summed E-state index contributed by atoms with van der Waals surface area (Å²) in [6, 6.07) is 0. The van der Waals surface area contributed by atoms with E-state index >= 15 is 0 Å². The van der Waals surface area contributed by atoms with Crippen LogP contribution in [-0.2, 0) is 10.5 Å². The lowest BCUT2D eigenvalue weighted by molar-refractivity contribution is 0.175. The molecular weight excluding hydrogens is 146 g/mol. The maximum atomic E-state index is 9.38. The third-order valence-corrected chi connectivity index (χ3v) is 3.00. The molecule has 0 aromatic rings. The van der Waals surface area contributed by atoms with Gasteiger partial charge in [-0.3, -0.25) is 0 Å². The molecular formula is C7H14NOS-. The van der Waals surface area contributed by atoms with E-state index in [0.29, 0.717) is 11.7 Å². The molecule has 0 aromatic heterocycles. The molecule has 0 saturated heterocycles. The van der Waals surface area contributed by atoms with Crippen molar-refractivity contribution in [1.29, 1.82) is 0 Å². The van der Waals surface area contributed by atoms with Gasteiger partial charge in [0.1, 0.15) is 0 Å². The normalized spacial score (nSPS) is 21.4. The first kappa shape index (κ1) is 8.15. The minimum Gasteiger partial charge on any atom is -0.414 e. The van der Waals surface area contributed by atoms with Gasteiger partial charge >= 0.3 is 0 Å². The van der Waals surface area contributed by atoms with Crippen LogP contribution in [0.25, 0.3) is 0 Å². The van der Waals surface area contributed by atoms with Crippen LogP contribution in [0.4, 0.5) is 0 Å². The van der Waals surface area contributed by atoms with Crippen LogP contribution in [0, 0.1) is 11.6 Å². The van der Waals surface area contributed by atoms with Crippen molar-refractivity contribution in [3.05, 3.63) is 0 Å². The maximum Gasteiger partial charge on any atom is 0.0393 e. The van der Waals surface area contributed by atoms with Gasteiger partial charge in [0.2, 0.25) is 0 Å². The highest BCUT2D eigenvalue weighted by Gasteiger charge is 2.27. The van der Waals surface area contributed by atoms with Gasteiger partial charge in [-0.2, -0.15) is 0 Å². The van der Waals surface area contributed by atoms with E-state index in [-0.39, 0.29) is 16.6 Å². The van der Waals surface area contributed by atoms with E-state index in [1.165, 1.54) is 12.8 Å². The third kappa shape index (κ3) is 2.35. The summed E-state index contributed by atoms with van der Waals surface area (Å²) in [4.78, 5) is 0. The van der Waals surface area contributed by atoms with E-state index in [4.69, 9.17) is 5.69 Å². The Morgan fingerprint density at radius 1 is 1.80 bits per heavy atom. The largest absolute Gasteiger partial charge is 0.414 e. The topological polar surface area (TPSA) is 32.3 Å². The Balaban J connectivity index is 2.18. The van der Waals surface area contributed by atoms with Gasteiger partial charge in [0.25, 0.3) is 0 Å². The van der Waals surface area contributed by atoms with E-state index in [9.17, 15) is 5.11 Å². The molecule has 1 saturated carbocycles. The van der Waals surface area contributed by atoms with E-state index in [0.717, 1.165) is 0 Å². The molecule has 1 aliphatic carbocycles. The number of hydrogen-bond donors (Lipinski definition) is 2. The fourth-order valence-corrected chi connectivity index (χ4v) is 1.69. The molecule has 1 aliphatic rings. The smallest absolute Gasteiger partial charge is 0.0393 e. The molecule has 1 unspecified atom stereocenters. The predicted molar refractivity (Wildman–Crippen MR) is 45.0 cm³/mol. The van der Waals surface area contributed by atoms with Gasteiger partial charge in [0, 0.05) is 6.10 Å². The molecule has 10 heavy (non-hydrogen) atoms. The molecule has 0 radical (unpaired) electrons. The Morgan fingerprint density at radius 2 is 2.40 bits per heavy atom. The second-order valence-corrected chi connectivity index (χ2v) is 4.30. The van der Waals surface area contributed by atoms with Crippen LogP contribution in [0.3, 0.4) is 0 Å². The zero-order valence-corrected chi connectivity index (χ0v) is 7.03. The quantitative estimate of drug-likeness (QED) is 0.562. The zero-order chi connectivity index (χ0) is 7.56. The van der Waals surface area contributed by atoms with Crippen molar-refractivity contribution in [3.8, 4) is 5.69 Å². The first-order chi connectivity index (χ1) is 4.74. The van der Waals surface area contributed by atoms with E-state index in [1.54, 1.807) is 0 Å². The lowest BCUT2D eigenvalue weighted by atomic mass is 10.3. The minimum absolute atomic E-state index is 0.166. The maximum absolute atomic E-state index is 9.38. The van der Waals surface area contributed by atoms with Crippen LogP contribution in [0.1, 0.15) is 12.8 Å². The second-order valence-electron chi connectivity index (χ2n) is 2.70. The van der Waals surface area contributed by atoms with Crippen molar-refractivity contribution in [2.45, 2.75) is 18.9 Å². The van der Waals surface area contributed by atoms with Crippen LogP contribution < -0.4 is 4.72 Å². The number of hydrogen-bond acceptors (Lipinski definition) is 3. The molecule has 0 heterocycles. The van der Waals surface area contributed by atoms with Gasteiger partial charge in [-0.25, -0.2) is 0 Å². The number of nitrogens with one attached hydrogen (secondary N) is 1. The Labute approximate surface area is 64.3 Å². The lowest BCUT2D eigenvalue weighted by Crippen LogP contribution is -2.23. The summed E-state index contributed by atoms with van der Waals surface area (Å²) in [6.45, 7) is 0. The van der Waals surface area contributed by atoms with Crippen molar-refractivity contribution < 1.29 is 5.11 Å². The van der Waals surface area contributed by atoms with E-state index < -0.39 is 0 Å². The highest BCUT2D eigenvalue weighted by atomic mass is 32.2. The first-order valence-corrected chi connectivity index (χ1v) is 5.00. The Bertz CT molecular complexity index is 168. The fraction of sp³-hybridized carbons (Fsp3) is 0.857. The monoisotopic (exact) mass is 160 g/mol. The first-order valence-electron chi connectivity index (χ1n) is 3.54. The molecule has 60 valence electrons. The number of aliphatic hydroxyl groups is 1. The SMILES string of the molecule is C#[S-](CC(O)C1CC1)NC. The van der Waals surface area contributed by atoms with Gasteiger partial charge in [-0.15, -0.1) is 0 Å². The molecule has 1 atom stereocenters. The van der Waals surface area contributed by atoms with Crippen molar-refractivity contribution in [1.82, 2.24) is 4.72 Å².